The monoisotopic (exact) mass is 104 g/mol. The highest BCUT2D eigenvalue weighted by molar-refractivity contribution is 8.52. The van der Waals surface area contributed by atoms with Gasteiger partial charge in [0, 0.05) is 0 Å². The van der Waals surface area contributed by atoms with Crippen molar-refractivity contribution in [2.75, 3.05) is 11.5 Å². The van der Waals surface area contributed by atoms with Crippen LogP contribution in [0.15, 0.2) is 0 Å². The molecule has 1 saturated heterocycles. The summed E-state index contributed by atoms with van der Waals surface area (Å²) >= 11 is 4.07. The first-order chi connectivity index (χ1) is 2.50. The lowest BCUT2D eigenvalue weighted by Gasteiger charge is -1.68. The van der Waals surface area contributed by atoms with Crippen molar-refractivity contribution in [2.45, 2.75) is 0 Å². The van der Waals surface area contributed by atoms with Gasteiger partial charge >= 0.3 is 0 Å². The van der Waals surface area contributed by atoms with E-state index in [4.69, 9.17) is 0 Å². The minimum absolute atomic E-state index is 1.33. The molecule has 1 rings (SSSR count). The normalized spacial score (nSPS) is 22.4. The zero-order chi connectivity index (χ0) is 3.54. The van der Waals surface area contributed by atoms with Crippen LogP contribution in [0.1, 0.15) is 0 Å². The largest absolute Gasteiger partial charge is 0.256 e. The summed E-state index contributed by atoms with van der Waals surface area (Å²) in [6.07, 6.45) is 0. The molecular weight excluding hydrogens is 99.0 g/mol. The smallest absolute Gasteiger partial charge is 0.199 e. The number of rotatable bonds is 0. The Balaban J connectivity index is 2.08. The fourth-order valence-corrected chi connectivity index (χ4v) is 2.65. The Kier molecular flexibility index (Phi) is 1.60. The average molecular weight is 104 g/mol. The van der Waals surface area contributed by atoms with Gasteiger partial charge in [0.2, 0.25) is 0 Å². The zero-order valence-electron chi connectivity index (χ0n) is 2.94. The molecule has 28 valence electrons. The second-order valence-corrected chi connectivity index (χ2v) is 3.51. The maximum absolute atomic E-state index is 2.04. The third kappa shape index (κ3) is 1.10. The van der Waals surface area contributed by atoms with Gasteiger partial charge in [0.1, 0.15) is 0 Å². The molecule has 0 nitrogen and oxygen atoms in total. The summed E-state index contributed by atoms with van der Waals surface area (Å²) in [5, 5.41) is 0. The van der Waals surface area contributed by atoms with Gasteiger partial charge in [-0.2, -0.15) is 23.2 Å². The van der Waals surface area contributed by atoms with Crippen LogP contribution in [0, 0.1) is 0 Å². The predicted molar refractivity (Wildman–Crippen MR) is 32.1 cm³/mol. The molecule has 0 atom stereocenters. The lowest BCUT2D eigenvalue weighted by atomic mass is 10.7. The highest BCUT2D eigenvalue weighted by Crippen LogP contribution is 2.17. The third-order valence-corrected chi connectivity index (χ3v) is 3.12. The Morgan fingerprint density at radius 3 is 2.00 bits per heavy atom. The van der Waals surface area contributed by atoms with Crippen LogP contribution in [0.3, 0.4) is 0 Å². The summed E-state index contributed by atoms with van der Waals surface area (Å²) in [7, 11) is 0. The average Bonchev–Trinajstić information content (AvgIpc) is 1.76. The molecule has 0 aliphatic carbocycles. The van der Waals surface area contributed by atoms with Crippen LogP contribution in [0.4, 0.5) is 0 Å². The van der Waals surface area contributed by atoms with Crippen molar-refractivity contribution in [3.63, 3.8) is 0 Å². The lowest BCUT2D eigenvalue weighted by molar-refractivity contribution is 1.59. The molecule has 0 amide bonds. The van der Waals surface area contributed by atoms with E-state index in [9.17, 15) is 0 Å². The Hall–Kier alpha value is 0.765. The first-order valence-electron chi connectivity index (χ1n) is 1.65. The van der Waals surface area contributed by atoms with Gasteiger partial charge in [0.15, 0.2) is 0 Å². The van der Waals surface area contributed by atoms with Crippen LogP contribution >= 0.6 is 23.2 Å². The number of hydrogen-bond acceptors (Lipinski definition) is 2. The quantitative estimate of drug-likeness (QED) is 0.415. The van der Waals surface area contributed by atoms with E-state index < -0.39 is 0 Å². The van der Waals surface area contributed by atoms with E-state index in [-0.39, 0.29) is 0 Å². The molecule has 5 heavy (non-hydrogen) atoms. The summed E-state index contributed by atoms with van der Waals surface area (Å²) < 4.78 is 0. The van der Waals surface area contributed by atoms with Crippen LogP contribution in [-0.4, -0.2) is 17.3 Å². The van der Waals surface area contributed by atoms with E-state index in [1.165, 1.54) is 17.3 Å². The third-order valence-electron chi connectivity index (χ3n) is 0.539. The lowest BCUT2D eigenvalue weighted by Crippen LogP contribution is -1.64. The zero-order valence-corrected chi connectivity index (χ0v) is 4.57. The summed E-state index contributed by atoms with van der Waals surface area (Å²) in [6, 6.07) is 0. The summed E-state index contributed by atoms with van der Waals surface area (Å²) in [6.45, 7) is 0. The Bertz CT molecular complexity index is 19.2. The molecule has 3 heteroatoms. The standard InChI is InChI=1S/C2H5BS2/c1-2-5-3-4-1/h3H,1-2H2. The van der Waals surface area contributed by atoms with Crippen molar-refractivity contribution in [3.8, 4) is 0 Å². The Morgan fingerprint density at radius 1 is 1.20 bits per heavy atom. The van der Waals surface area contributed by atoms with Crippen molar-refractivity contribution < 1.29 is 0 Å². The SMILES string of the molecule is B1SCCS1. The summed E-state index contributed by atoms with van der Waals surface area (Å²) in [4.78, 5) is 0. The van der Waals surface area contributed by atoms with E-state index >= 15 is 0 Å². The van der Waals surface area contributed by atoms with Gasteiger partial charge in [-0.25, -0.2) is 0 Å². The molecule has 0 aromatic carbocycles. The van der Waals surface area contributed by atoms with E-state index in [2.05, 4.69) is 0 Å². The maximum atomic E-state index is 2.04. The Morgan fingerprint density at radius 2 is 1.80 bits per heavy atom. The van der Waals surface area contributed by atoms with E-state index in [0.29, 0.717) is 0 Å². The Labute approximate surface area is 41.1 Å². The second kappa shape index (κ2) is 2.03. The van der Waals surface area contributed by atoms with Gasteiger partial charge in [0.25, 0.3) is 5.84 Å². The van der Waals surface area contributed by atoms with Crippen LogP contribution in [-0.2, 0) is 0 Å². The van der Waals surface area contributed by atoms with Gasteiger partial charge in [-0.3, -0.25) is 0 Å². The van der Waals surface area contributed by atoms with Crippen molar-refractivity contribution in [1.29, 1.82) is 0 Å². The van der Waals surface area contributed by atoms with Gasteiger partial charge in [-0.05, 0) is 11.5 Å². The molecule has 1 aliphatic rings. The first-order valence-corrected chi connectivity index (χ1v) is 3.96. The number of hydrogen-bond donors (Lipinski definition) is 0. The fraction of sp³-hybridized carbons (Fsp3) is 1.00. The molecular formula is C2H5BS2. The molecule has 0 saturated carbocycles. The van der Waals surface area contributed by atoms with E-state index in [0.717, 1.165) is 0 Å². The second-order valence-electron chi connectivity index (χ2n) is 0.934. The molecule has 0 bridgehead atoms. The van der Waals surface area contributed by atoms with Crippen molar-refractivity contribution in [1.82, 2.24) is 0 Å². The van der Waals surface area contributed by atoms with Gasteiger partial charge in [-0.1, -0.05) is 0 Å². The highest BCUT2D eigenvalue weighted by atomic mass is 32.2. The van der Waals surface area contributed by atoms with Crippen LogP contribution in [0.25, 0.3) is 0 Å². The molecule has 1 heterocycles. The molecule has 0 aromatic heterocycles. The molecule has 0 unspecified atom stereocenters. The molecule has 0 N–H and O–H groups in total. The van der Waals surface area contributed by atoms with E-state index in [1.54, 1.807) is 0 Å². The van der Waals surface area contributed by atoms with Crippen molar-refractivity contribution >= 4 is 29.1 Å². The predicted octanol–water partition coefficient (Wildman–Crippen LogP) is 0.733. The molecule has 0 spiro atoms. The van der Waals surface area contributed by atoms with Crippen LogP contribution in [0.5, 0.6) is 0 Å². The maximum Gasteiger partial charge on any atom is 0.256 e. The minimum Gasteiger partial charge on any atom is -0.199 e. The molecule has 0 aromatic rings. The van der Waals surface area contributed by atoms with Crippen molar-refractivity contribution in [2.24, 2.45) is 0 Å². The molecule has 1 fully saturated rings. The van der Waals surface area contributed by atoms with E-state index in [1.807, 2.05) is 23.2 Å². The summed E-state index contributed by atoms with van der Waals surface area (Å²) in [5.41, 5.74) is 0. The van der Waals surface area contributed by atoms with Gasteiger partial charge in [-0.15, -0.1) is 0 Å². The molecule has 0 radical (unpaired) electrons. The molecule has 1 aliphatic heterocycles. The van der Waals surface area contributed by atoms with Crippen molar-refractivity contribution in [3.05, 3.63) is 0 Å². The van der Waals surface area contributed by atoms with Gasteiger partial charge in [0.05, 0.1) is 0 Å². The minimum atomic E-state index is 1.33. The highest BCUT2D eigenvalue weighted by Gasteiger charge is 1.98. The topological polar surface area (TPSA) is 0 Å². The van der Waals surface area contributed by atoms with Gasteiger partial charge < -0.3 is 0 Å². The fourth-order valence-electron chi connectivity index (χ4n) is 0.295. The van der Waals surface area contributed by atoms with Crippen LogP contribution < -0.4 is 0 Å². The summed E-state index contributed by atoms with van der Waals surface area (Å²) in [5.74, 6) is 4.09. The first kappa shape index (κ1) is 3.94. The van der Waals surface area contributed by atoms with Crippen LogP contribution in [0.2, 0.25) is 0 Å².